The molecule has 0 saturated carbocycles. The molecule has 0 atom stereocenters. The van der Waals surface area contributed by atoms with Crippen LogP contribution in [0.5, 0.6) is 0 Å². The number of nitrogens with zero attached hydrogens (tertiary/aromatic N) is 6. The number of piperidine rings is 1. The van der Waals surface area contributed by atoms with Crippen molar-refractivity contribution < 1.29 is 4.79 Å². The number of hydrogen-bond donors (Lipinski definition) is 1. The molecule has 5 rings (SSSR count). The molecule has 1 aliphatic heterocycles. The van der Waals surface area contributed by atoms with E-state index in [4.69, 9.17) is 12.3 Å². The van der Waals surface area contributed by atoms with Gasteiger partial charge in [-0.3, -0.25) is 9.64 Å². The van der Waals surface area contributed by atoms with Crippen LogP contribution in [-0.4, -0.2) is 50.6 Å². The van der Waals surface area contributed by atoms with Gasteiger partial charge in [0.05, 0.1) is 5.41 Å². The summed E-state index contributed by atoms with van der Waals surface area (Å²) in [7, 11) is 0. The average Bonchev–Trinajstić information content (AvgIpc) is 3.43. The third kappa shape index (κ3) is 4.81. The van der Waals surface area contributed by atoms with Gasteiger partial charge in [-0.2, -0.15) is 0 Å². The van der Waals surface area contributed by atoms with Crippen molar-refractivity contribution in [2.24, 2.45) is 5.73 Å². The minimum absolute atomic E-state index is 0.0533. The number of primary amides is 1. The third-order valence-corrected chi connectivity index (χ3v) is 7.78. The Morgan fingerprint density at radius 3 is 2.00 bits per heavy atom. The van der Waals surface area contributed by atoms with Gasteiger partial charge in [0.1, 0.15) is 6.54 Å². The summed E-state index contributed by atoms with van der Waals surface area (Å²) in [6.45, 7) is 10.7. The van der Waals surface area contributed by atoms with Gasteiger partial charge in [0.15, 0.2) is 5.82 Å². The van der Waals surface area contributed by atoms with Crippen LogP contribution in [0, 0.1) is 6.57 Å². The lowest BCUT2D eigenvalue weighted by atomic mass is 9.71. The summed E-state index contributed by atoms with van der Waals surface area (Å²) in [5.74, 6) is 0.197. The van der Waals surface area contributed by atoms with Gasteiger partial charge in [-0.15, -0.1) is 5.10 Å². The van der Waals surface area contributed by atoms with Gasteiger partial charge < -0.3 is 10.6 Å². The first-order valence-electron chi connectivity index (χ1n) is 12.9. The molecule has 0 aliphatic carbocycles. The van der Waals surface area contributed by atoms with E-state index in [1.54, 1.807) is 4.68 Å². The maximum Gasteiger partial charge on any atom is 0.283 e. The maximum atomic E-state index is 11.7. The fraction of sp³-hybridized carbons (Fsp3) is 0.300. The number of carbonyl (C=O) groups excluding carboxylic acids is 1. The molecule has 1 aliphatic rings. The molecular formula is C30H31N7O. The molecule has 1 saturated heterocycles. The van der Waals surface area contributed by atoms with Crippen LogP contribution in [0.4, 0.5) is 0 Å². The Labute approximate surface area is 222 Å². The van der Waals surface area contributed by atoms with Crippen molar-refractivity contribution >= 4 is 5.91 Å². The van der Waals surface area contributed by atoms with Crippen molar-refractivity contribution in [3.8, 4) is 0 Å². The molecule has 1 fully saturated rings. The van der Waals surface area contributed by atoms with Crippen molar-refractivity contribution in [3.05, 3.63) is 125 Å². The number of nitrogens with two attached hydrogens (primary N) is 1. The summed E-state index contributed by atoms with van der Waals surface area (Å²) in [6.07, 6.45) is 2.26. The summed E-state index contributed by atoms with van der Waals surface area (Å²) in [6, 6.07) is 30.5. The van der Waals surface area contributed by atoms with E-state index in [-0.39, 0.29) is 6.54 Å². The molecule has 4 aromatic rings. The summed E-state index contributed by atoms with van der Waals surface area (Å²) in [4.78, 5) is 18.4. The van der Waals surface area contributed by atoms with Crippen LogP contribution in [0.15, 0.2) is 91.0 Å². The molecule has 1 amide bonds. The Kier molecular flexibility index (Phi) is 7.29. The molecule has 0 unspecified atom stereocenters. The monoisotopic (exact) mass is 505 g/mol. The minimum Gasteiger partial charge on any atom is -0.368 e. The zero-order chi connectivity index (χ0) is 26.4. The number of rotatable bonds is 9. The maximum absolute atomic E-state index is 11.7. The summed E-state index contributed by atoms with van der Waals surface area (Å²) in [5, 5.41) is 12.4. The van der Waals surface area contributed by atoms with E-state index < -0.39 is 16.9 Å². The smallest absolute Gasteiger partial charge is 0.283 e. The molecule has 0 radical (unpaired) electrons. The number of carbonyl (C=O) groups is 1. The van der Waals surface area contributed by atoms with Gasteiger partial charge in [0.2, 0.25) is 5.91 Å². The van der Waals surface area contributed by atoms with Gasteiger partial charge in [0, 0.05) is 24.1 Å². The van der Waals surface area contributed by atoms with Crippen LogP contribution < -0.4 is 5.73 Å². The van der Waals surface area contributed by atoms with E-state index >= 15 is 0 Å². The highest BCUT2D eigenvalue weighted by molar-refractivity contribution is 5.73. The van der Waals surface area contributed by atoms with Gasteiger partial charge in [0.25, 0.3) is 5.54 Å². The quantitative estimate of drug-likeness (QED) is 0.349. The van der Waals surface area contributed by atoms with E-state index in [2.05, 4.69) is 61.7 Å². The normalized spacial score (nSPS) is 15.6. The molecule has 0 bridgehead atoms. The Balaban J connectivity index is 1.40. The molecule has 0 spiro atoms. The van der Waals surface area contributed by atoms with E-state index in [1.165, 1.54) is 0 Å². The lowest BCUT2D eigenvalue weighted by molar-refractivity contribution is -0.118. The number of benzene rings is 3. The molecule has 2 heterocycles. The Morgan fingerprint density at radius 1 is 0.921 bits per heavy atom. The number of amides is 1. The molecule has 2 N–H and O–H groups in total. The number of likely N-dealkylation sites (tertiary alicyclic amines) is 1. The predicted octanol–water partition coefficient (Wildman–Crippen LogP) is 3.79. The second kappa shape index (κ2) is 11.0. The summed E-state index contributed by atoms with van der Waals surface area (Å²) in [5.41, 5.74) is 7.48. The first-order chi connectivity index (χ1) is 18.6. The van der Waals surface area contributed by atoms with Gasteiger partial charge in [-0.25, -0.2) is 11.3 Å². The van der Waals surface area contributed by atoms with Crippen LogP contribution in [0.3, 0.4) is 0 Å². The lowest BCUT2D eigenvalue weighted by Gasteiger charge is -2.41. The van der Waals surface area contributed by atoms with E-state index in [9.17, 15) is 4.79 Å². The zero-order valence-electron chi connectivity index (χ0n) is 21.3. The van der Waals surface area contributed by atoms with Crippen LogP contribution in [0.2, 0.25) is 0 Å². The van der Waals surface area contributed by atoms with E-state index in [1.807, 2.05) is 54.6 Å². The molecule has 192 valence electrons. The molecule has 8 nitrogen and oxygen atoms in total. The van der Waals surface area contributed by atoms with Crippen molar-refractivity contribution in [3.63, 3.8) is 0 Å². The van der Waals surface area contributed by atoms with Crippen LogP contribution in [-0.2, 0) is 22.3 Å². The summed E-state index contributed by atoms with van der Waals surface area (Å²) < 4.78 is 1.54. The van der Waals surface area contributed by atoms with Crippen molar-refractivity contribution in [2.45, 2.75) is 36.8 Å². The third-order valence-electron chi connectivity index (χ3n) is 7.78. The second-order valence-corrected chi connectivity index (χ2v) is 9.87. The van der Waals surface area contributed by atoms with Crippen molar-refractivity contribution in [1.29, 1.82) is 0 Å². The SMILES string of the molecule is [C-]#[N+]C(CCN1CCC(c2ccccc2)(c2nnnn2CC(N)=O)CC1)(c1ccccc1)c1ccccc1. The number of tetrazole rings is 1. The van der Waals surface area contributed by atoms with Gasteiger partial charge >= 0.3 is 0 Å². The lowest BCUT2D eigenvalue weighted by Crippen LogP contribution is -2.46. The minimum atomic E-state index is -0.748. The Bertz CT molecular complexity index is 1350. The van der Waals surface area contributed by atoms with E-state index in [0.29, 0.717) is 12.2 Å². The first-order valence-corrected chi connectivity index (χ1v) is 12.9. The first kappa shape index (κ1) is 25.3. The molecule has 38 heavy (non-hydrogen) atoms. The average molecular weight is 506 g/mol. The molecular weight excluding hydrogens is 474 g/mol. The fourth-order valence-corrected chi connectivity index (χ4v) is 5.75. The predicted molar refractivity (Wildman–Crippen MR) is 145 cm³/mol. The standard InChI is InChI=1S/C30H31N7O/c1-32-30(25-13-7-3-8-14-25,26-15-9-4-10-16-26)19-22-36-20-17-29(18-21-36,24-11-5-2-6-12-24)28-33-34-35-37(28)23-27(31)38/h2-16H,17-23H2,(H2,31,38). The van der Waals surface area contributed by atoms with Crippen LogP contribution >= 0.6 is 0 Å². The van der Waals surface area contributed by atoms with Gasteiger partial charge in [-0.1, -0.05) is 91.0 Å². The van der Waals surface area contributed by atoms with E-state index in [0.717, 1.165) is 49.2 Å². The van der Waals surface area contributed by atoms with Crippen molar-refractivity contribution in [2.75, 3.05) is 19.6 Å². The highest BCUT2D eigenvalue weighted by Crippen LogP contribution is 2.42. The highest BCUT2D eigenvalue weighted by atomic mass is 16.1. The second-order valence-electron chi connectivity index (χ2n) is 9.87. The van der Waals surface area contributed by atoms with Crippen molar-refractivity contribution in [1.82, 2.24) is 25.1 Å². The fourth-order valence-electron chi connectivity index (χ4n) is 5.75. The molecule has 8 heteroatoms. The van der Waals surface area contributed by atoms with Crippen LogP contribution in [0.1, 0.15) is 41.8 Å². The number of aromatic nitrogens is 4. The number of hydrogen-bond acceptors (Lipinski definition) is 5. The molecule has 1 aromatic heterocycles. The summed E-state index contributed by atoms with van der Waals surface area (Å²) >= 11 is 0. The van der Waals surface area contributed by atoms with Gasteiger partial charge in [-0.05, 0) is 41.9 Å². The Morgan fingerprint density at radius 2 is 1.47 bits per heavy atom. The highest BCUT2D eigenvalue weighted by Gasteiger charge is 2.45. The largest absolute Gasteiger partial charge is 0.368 e. The van der Waals surface area contributed by atoms with Crippen LogP contribution in [0.25, 0.3) is 4.85 Å². The Hall–Kier alpha value is -4.35. The topological polar surface area (TPSA) is 94.3 Å². The molecule has 3 aromatic carbocycles. The zero-order valence-corrected chi connectivity index (χ0v) is 21.3.